The quantitative estimate of drug-likeness (QED) is 0.207. The van der Waals surface area contributed by atoms with Crippen LogP contribution in [0.2, 0.25) is 10.0 Å². The molecule has 3 aromatic carbocycles. The number of anilines is 2. The Kier molecular flexibility index (Phi) is 8.74. The summed E-state index contributed by atoms with van der Waals surface area (Å²) in [6, 6.07) is 22.2. The van der Waals surface area contributed by atoms with Crippen molar-refractivity contribution in [2.75, 3.05) is 16.8 Å². The van der Waals surface area contributed by atoms with Gasteiger partial charge >= 0.3 is 5.97 Å². The van der Waals surface area contributed by atoms with Crippen LogP contribution in [-0.2, 0) is 20.7 Å². The average Bonchev–Trinajstić information content (AvgIpc) is 3.22. The fourth-order valence-electron chi connectivity index (χ4n) is 3.77. The summed E-state index contributed by atoms with van der Waals surface area (Å²) < 4.78 is 5.02. The van der Waals surface area contributed by atoms with E-state index < -0.39 is 17.1 Å². The van der Waals surface area contributed by atoms with Crippen molar-refractivity contribution < 1.29 is 19.1 Å². The highest BCUT2D eigenvalue weighted by Crippen LogP contribution is 2.42. The Morgan fingerprint density at radius 2 is 1.76 bits per heavy atom. The van der Waals surface area contributed by atoms with Crippen molar-refractivity contribution in [2.24, 2.45) is 0 Å². The van der Waals surface area contributed by atoms with Crippen LogP contribution in [-0.4, -0.2) is 29.6 Å². The zero-order valence-corrected chi connectivity index (χ0v) is 22.4. The molecule has 38 heavy (non-hydrogen) atoms. The first-order chi connectivity index (χ1) is 18.3. The van der Waals surface area contributed by atoms with Crippen LogP contribution < -0.4 is 10.2 Å². The molecule has 192 valence electrons. The van der Waals surface area contributed by atoms with E-state index in [9.17, 15) is 19.6 Å². The molecule has 0 bridgehead atoms. The Hall–Kier alpha value is -3.77. The number of nitrogens with zero attached hydrogens (tertiary/aromatic N) is 2. The van der Waals surface area contributed by atoms with Crippen molar-refractivity contribution in [3.8, 4) is 6.07 Å². The molecule has 1 aliphatic rings. The van der Waals surface area contributed by atoms with Gasteiger partial charge < -0.3 is 10.1 Å². The number of amides is 2. The molecule has 0 unspecified atom stereocenters. The van der Waals surface area contributed by atoms with Crippen LogP contribution in [0.1, 0.15) is 22.8 Å². The van der Waals surface area contributed by atoms with Gasteiger partial charge in [0.05, 0.1) is 27.5 Å². The molecule has 1 saturated heterocycles. The van der Waals surface area contributed by atoms with E-state index in [1.165, 1.54) is 17.0 Å². The molecule has 10 heteroatoms. The number of nitriles is 1. The molecule has 1 atom stereocenters. The van der Waals surface area contributed by atoms with Gasteiger partial charge in [0.15, 0.2) is 0 Å². The molecule has 0 aliphatic carbocycles. The van der Waals surface area contributed by atoms with Gasteiger partial charge in [-0.15, -0.1) is 0 Å². The molecule has 0 spiro atoms. The Morgan fingerprint density at radius 3 is 2.39 bits per heavy atom. The summed E-state index contributed by atoms with van der Waals surface area (Å²) in [7, 11) is 0. The molecular formula is C28H21Cl2N3O4S. The molecule has 0 saturated carbocycles. The lowest BCUT2D eigenvalue weighted by atomic mass is 10.1. The second-order valence-corrected chi connectivity index (χ2v) is 10.1. The molecule has 1 N–H and O–H groups in total. The number of carbonyl (C=O) groups excluding carboxylic acids is 3. The van der Waals surface area contributed by atoms with Crippen LogP contribution in [0.5, 0.6) is 0 Å². The highest BCUT2D eigenvalue weighted by atomic mass is 35.5. The average molecular weight is 566 g/mol. The topological polar surface area (TPSA) is 99.5 Å². The SMILES string of the molecule is CCOC(=O)c1ccc(C[C@@H]2S/C(=C(/C#N)C(=O)Nc3ccc(Cl)c(Cl)c3)N(c3ccccc3)C2=O)cc1. The first kappa shape index (κ1) is 27.3. The summed E-state index contributed by atoms with van der Waals surface area (Å²) in [4.78, 5) is 40.1. The van der Waals surface area contributed by atoms with Crippen molar-refractivity contribution in [1.82, 2.24) is 0 Å². The maximum absolute atomic E-state index is 13.6. The van der Waals surface area contributed by atoms with Crippen LogP contribution in [0.3, 0.4) is 0 Å². The molecule has 7 nitrogen and oxygen atoms in total. The van der Waals surface area contributed by atoms with E-state index in [1.54, 1.807) is 61.5 Å². The summed E-state index contributed by atoms with van der Waals surface area (Å²) in [5.41, 5.74) is 1.92. The number of thioether (sulfide) groups is 1. The second kappa shape index (κ2) is 12.2. The van der Waals surface area contributed by atoms with Crippen molar-refractivity contribution in [3.63, 3.8) is 0 Å². The summed E-state index contributed by atoms with van der Waals surface area (Å²) >= 11 is 13.2. The van der Waals surface area contributed by atoms with Gasteiger partial charge in [0.1, 0.15) is 16.7 Å². The smallest absolute Gasteiger partial charge is 0.338 e. The number of ether oxygens (including phenoxy) is 1. The van der Waals surface area contributed by atoms with Crippen molar-refractivity contribution >= 4 is 64.1 Å². The lowest BCUT2D eigenvalue weighted by molar-refractivity contribution is -0.117. The van der Waals surface area contributed by atoms with Crippen LogP contribution in [0.25, 0.3) is 0 Å². The number of hydrogen-bond donors (Lipinski definition) is 1. The normalized spacial score (nSPS) is 16.1. The minimum Gasteiger partial charge on any atom is -0.462 e. The highest BCUT2D eigenvalue weighted by molar-refractivity contribution is 8.05. The van der Waals surface area contributed by atoms with E-state index in [-0.39, 0.29) is 28.1 Å². The number of carbonyl (C=O) groups is 3. The van der Waals surface area contributed by atoms with Crippen molar-refractivity contribution in [1.29, 1.82) is 5.26 Å². The number of nitrogens with one attached hydrogen (secondary N) is 1. The molecule has 2 amide bonds. The minimum absolute atomic E-state index is 0.210. The third kappa shape index (κ3) is 6.03. The van der Waals surface area contributed by atoms with Crippen molar-refractivity contribution in [2.45, 2.75) is 18.6 Å². The van der Waals surface area contributed by atoms with Gasteiger partial charge in [-0.3, -0.25) is 14.5 Å². The third-order valence-corrected chi connectivity index (χ3v) is 7.59. The molecule has 1 fully saturated rings. The Morgan fingerprint density at radius 1 is 1.05 bits per heavy atom. The molecule has 4 rings (SSSR count). The third-order valence-electron chi connectivity index (χ3n) is 5.58. The fourth-order valence-corrected chi connectivity index (χ4v) is 5.38. The molecule has 3 aromatic rings. The predicted molar refractivity (Wildman–Crippen MR) is 149 cm³/mol. The number of benzene rings is 3. The Labute approximate surface area is 234 Å². The lowest BCUT2D eigenvalue weighted by Gasteiger charge is -2.18. The summed E-state index contributed by atoms with van der Waals surface area (Å²) in [6.45, 7) is 2.01. The summed E-state index contributed by atoms with van der Waals surface area (Å²) in [5.74, 6) is -1.36. The molecule has 0 radical (unpaired) electrons. The number of rotatable bonds is 7. The number of halogens is 2. The maximum Gasteiger partial charge on any atom is 0.338 e. The zero-order chi connectivity index (χ0) is 27.2. The van der Waals surface area contributed by atoms with Crippen LogP contribution in [0.4, 0.5) is 11.4 Å². The van der Waals surface area contributed by atoms with E-state index in [2.05, 4.69) is 5.32 Å². The Balaban J connectivity index is 1.65. The van der Waals surface area contributed by atoms with Gasteiger partial charge in [-0.05, 0) is 61.4 Å². The molecular weight excluding hydrogens is 545 g/mol. The monoisotopic (exact) mass is 565 g/mol. The van der Waals surface area contributed by atoms with Gasteiger partial charge in [-0.25, -0.2) is 4.79 Å². The van der Waals surface area contributed by atoms with E-state index in [0.29, 0.717) is 28.4 Å². The molecule has 1 aliphatic heterocycles. The second-order valence-electron chi connectivity index (χ2n) is 8.11. The lowest BCUT2D eigenvalue weighted by Crippen LogP contribution is -2.30. The van der Waals surface area contributed by atoms with Crippen LogP contribution >= 0.6 is 35.0 Å². The highest BCUT2D eigenvalue weighted by Gasteiger charge is 2.40. The first-order valence-electron chi connectivity index (χ1n) is 11.5. The molecule has 1 heterocycles. The van der Waals surface area contributed by atoms with Gasteiger partial charge in [0, 0.05) is 11.4 Å². The fraction of sp³-hybridized carbons (Fsp3) is 0.143. The standard InChI is InChI=1S/C28H21Cl2N3O4S/c1-2-37-28(36)18-10-8-17(9-11-18)14-24-26(35)33(20-6-4-3-5-7-20)27(38-24)21(16-31)25(34)32-19-12-13-22(29)23(30)15-19/h3-13,15,24H,2,14H2,1H3,(H,32,34)/b27-21-/t24-/m0/s1. The minimum atomic E-state index is -0.679. The van der Waals surface area contributed by atoms with Crippen molar-refractivity contribution in [3.05, 3.63) is 105 Å². The zero-order valence-electron chi connectivity index (χ0n) is 20.1. The Bertz CT molecular complexity index is 1450. The van der Waals surface area contributed by atoms with Gasteiger partial charge in [0.25, 0.3) is 5.91 Å². The number of esters is 1. The molecule has 0 aromatic heterocycles. The van der Waals surface area contributed by atoms with Crippen LogP contribution in [0, 0.1) is 11.3 Å². The summed E-state index contributed by atoms with van der Waals surface area (Å²) in [5, 5.41) is 12.8. The predicted octanol–water partition coefficient (Wildman–Crippen LogP) is 6.24. The number of hydrogen-bond acceptors (Lipinski definition) is 6. The van der Waals surface area contributed by atoms with E-state index in [4.69, 9.17) is 27.9 Å². The van der Waals surface area contributed by atoms with E-state index in [1.807, 2.05) is 12.1 Å². The number of para-hydroxylation sites is 1. The van der Waals surface area contributed by atoms with Gasteiger partial charge in [-0.2, -0.15) is 5.26 Å². The largest absolute Gasteiger partial charge is 0.462 e. The van der Waals surface area contributed by atoms with E-state index >= 15 is 0 Å². The van der Waals surface area contributed by atoms with Gasteiger partial charge in [0.2, 0.25) is 5.91 Å². The summed E-state index contributed by atoms with van der Waals surface area (Å²) in [6.07, 6.45) is 0.326. The van der Waals surface area contributed by atoms with Gasteiger partial charge in [-0.1, -0.05) is 65.3 Å². The first-order valence-corrected chi connectivity index (χ1v) is 13.2. The van der Waals surface area contributed by atoms with Crippen LogP contribution in [0.15, 0.2) is 83.4 Å². The van der Waals surface area contributed by atoms with E-state index in [0.717, 1.165) is 17.3 Å². The maximum atomic E-state index is 13.6.